The van der Waals surface area contributed by atoms with Crippen molar-refractivity contribution in [3.8, 4) is 5.75 Å². The highest BCUT2D eigenvalue weighted by Gasteiger charge is 2.41. The van der Waals surface area contributed by atoms with Crippen molar-refractivity contribution < 1.29 is 14.3 Å². The van der Waals surface area contributed by atoms with Crippen LogP contribution >= 0.6 is 0 Å². The molecule has 0 aromatic heterocycles. The van der Waals surface area contributed by atoms with Gasteiger partial charge in [-0.15, -0.1) is 0 Å². The van der Waals surface area contributed by atoms with E-state index in [0.717, 1.165) is 37.4 Å². The second-order valence-electron chi connectivity index (χ2n) is 5.91. The van der Waals surface area contributed by atoms with Crippen LogP contribution in [0.1, 0.15) is 12.0 Å². The molecule has 0 bridgehead atoms. The Morgan fingerprint density at radius 3 is 2.91 bits per heavy atom. The van der Waals surface area contributed by atoms with Gasteiger partial charge in [-0.1, -0.05) is 24.3 Å². The van der Waals surface area contributed by atoms with Crippen molar-refractivity contribution in [1.82, 2.24) is 10.2 Å². The number of nitrogens with one attached hydrogen (secondary N) is 1. The molecule has 1 aromatic carbocycles. The van der Waals surface area contributed by atoms with E-state index in [1.54, 1.807) is 7.11 Å². The molecule has 118 valence electrons. The van der Waals surface area contributed by atoms with Crippen LogP contribution in [0.25, 0.3) is 6.08 Å². The Balaban J connectivity index is 1.50. The van der Waals surface area contributed by atoms with Crippen LogP contribution in [0.3, 0.4) is 0 Å². The molecule has 0 aliphatic carbocycles. The Hall–Kier alpha value is -1.85. The van der Waals surface area contributed by atoms with Gasteiger partial charge in [-0.25, -0.2) is 0 Å². The Bertz CT molecular complexity index is 544. The second-order valence-corrected chi connectivity index (χ2v) is 5.91. The van der Waals surface area contributed by atoms with E-state index in [-0.39, 0.29) is 18.1 Å². The summed E-state index contributed by atoms with van der Waals surface area (Å²) < 4.78 is 10.9. The number of likely N-dealkylation sites (tertiary alicyclic amines) is 1. The summed E-state index contributed by atoms with van der Waals surface area (Å²) in [5.74, 6) is 0.860. The summed E-state index contributed by atoms with van der Waals surface area (Å²) in [4.78, 5) is 13.5. The van der Waals surface area contributed by atoms with Gasteiger partial charge in [-0.05, 0) is 24.1 Å². The molecule has 1 aromatic rings. The van der Waals surface area contributed by atoms with E-state index in [1.807, 2.05) is 24.3 Å². The van der Waals surface area contributed by atoms with Crippen molar-refractivity contribution in [2.75, 3.05) is 39.9 Å². The number of hydrogen-bond acceptors (Lipinski definition) is 4. The minimum Gasteiger partial charge on any atom is -0.497 e. The molecule has 5 nitrogen and oxygen atoms in total. The average molecular weight is 302 g/mol. The topological polar surface area (TPSA) is 50.8 Å². The van der Waals surface area contributed by atoms with Gasteiger partial charge < -0.3 is 14.8 Å². The molecule has 2 aliphatic rings. The van der Waals surface area contributed by atoms with Crippen LogP contribution in [0.2, 0.25) is 0 Å². The molecular formula is C17H22N2O3. The summed E-state index contributed by atoms with van der Waals surface area (Å²) in [7, 11) is 1.67. The summed E-state index contributed by atoms with van der Waals surface area (Å²) in [6, 6.07) is 8.01. The zero-order chi connectivity index (χ0) is 15.4. The number of hydrogen-bond donors (Lipinski definition) is 1. The Morgan fingerprint density at radius 1 is 1.41 bits per heavy atom. The zero-order valence-electron chi connectivity index (χ0n) is 12.9. The first-order valence-corrected chi connectivity index (χ1v) is 7.63. The summed E-state index contributed by atoms with van der Waals surface area (Å²) in [5, 5.41) is 2.91. The van der Waals surface area contributed by atoms with Crippen molar-refractivity contribution in [2.24, 2.45) is 0 Å². The van der Waals surface area contributed by atoms with E-state index in [1.165, 1.54) is 0 Å². The molecular weight excluding hydrogens is 280 g/mol. The molecule has 0 radical (unpaired) electrons. The van der Waals surface area contributed by atoms with Crippen LogP contribution in [-0.4, -0.2) is 56.3 Å². The summed E-state index contributed by atoms with van der Waals surface area (Å²) in [6.07, 6.45) is 5.26. The maximum atomic E-state index is 11.2. The standard InChI is InChI=1S/C17H22N2O3/c1-21-15-6-4-14(5-7-15)3-2-9-19-10-8-17(13-19)12-18-16(20)11-22-17/h2-7H,8-13H2,1H3,(H,18,20). The largest absolute Gasteiger partial charge is 0.497 e. The van der Waals surface area contributed by atoms with E-state index >= 15 is 0 Å². The monoisotopic (exact) mass is 302 g/mol. The summed E-state index contributed by atoms with van der Waals surface area (Å²) in [6.45, 7) is 3.59. The summed E-state index contributed by atoms with van der Waals surface area (Å²) >= 11 is 0. The lowest BCUT2D eigenvalue weighted by atomic mass is 10.0. The molecule has 2 saturated heterocycles. The van der Waals surface area contributed by atoms with E-state index in [4.69, 9.17) is 9.47 Å². The number of carbonyl (C=O) groups is 1. The number of methoxy groups -OCH3 is 1. The van der Waals surface area contributed by atoms with Gasteiger partial charge in [0, 0.05) is 26.2 Å². The molecule has 0 saturated carbocycles. The van der Waals surface area contributed by atoms with Gasteiger partial charge in [-0.2, -0.15) is 0 Å². The molecule has 1 atom stereocenters. The predicted octanol–water partition coefficient (Wildman–Crippen LogP) is 1.30. The summed E-state index contributed by atoms with van der Waals surface area (Å²) in [5.41, 5.74) is 0.984. The maximum absolute atomic E-state index is 11.2. The predicted molar refractivity (Wildman–Crippen MR) is 84.8 cm³/mol. The first-order valence-electron chi connectivity index (χ1n) is 7.63. The first kappa shape index (κ1) is 15.1. The highest BCUT2D eigenvalue weighted by atomic mass is 16.5. The Morgan fingerprint density at radius 2 is 2.23 bits per heavy atom. The Labute approximate surface area is 130 Å². The lowest BCUT2D eigenvalue weighted by molar-refractivity contribution is -0.142. The number of carbonyl (C=O) groups excluding carboxylic acids is 1. The minimum atomic E-state index is -0.179. The Kier molecular flexibility index (Phi) is 4.45. The quantitative estimate of drug-likeness (QED) is 0.911. The lowest BCUT2D eigenvalue weighted by Gasteiger charge is -2.33. The average Bonchev–Trinajstić information content (AvgIpc) is 2.94. The van der Waals surface area contributed by atoms with Crippen LogP contribution in [0.5, 0.6) is 5.75 Å². The number of morpholine rings is 1. The molecule has 2 heterocycles. The van der Waals surface area contributed by atoms with Gasteiger partial charge in [0.1, 0.15) is 12.4 Å². The number of benzene rings is 1. The minimum absolute atomic E-state index is 0.0107. The smallest absolute Gasteiger partial charge is 0.246 e. The van der Waals surface area contributed by atoms with Crippen LogP contribution in [-0.2, 0) is 9.53 Å². The second kappa shape index (κ2) is 6.50. The van der Waals surface area contributed by atoms with Gasteiger partial charge in [-0.3, -0.25) is 9.69 Å². The van der Waals surface area contributed by atoms with Gasteiger partial charge in [0.25, 0.3) is 0 Å². The normalized spacial score (nSPS) is 25.8. The van der Waals surface area contributed by atoms with Crippen LogP contribution in [0, 0.1) is 0 Å². The molecule has 1 spiro atoms. The van der Waals surface area contributed by atoms with Crippen LogP contribution in [0.15, 0.2) is 30.3 Å². The van der Waals surface area contributed by atoms with Crippen LogP contribution in [0.4, 0.5) is 0 Å². The molecule has 1 N–H and O–H groups in total. The first-order chi connectivity index (χ1) is 10.7. The number of rotatable bonds is 4. The van der Waals surface area contributed by atoms with Crippen molar-refractivity contribution >= 4 is 12.0 Å². The SMILES string of the molecule is COc1ccc(C=CCN2CCC3(CNC(=O)CO3)C2)cc1. The van der Waals surface area contributed by atoms with E-state index in [2.05, 4.69) is 22.4 Å². The molecule has 5 heteroatoms. The molecule has 2 aliphatic heterocycles. The van der Waals surface area contributed by atoms with E-state index < -0.39 is 0 Å². The van der Waals surface area contributed by atoms with Crippen molar-refractivity contribution in [1.29, 1.82) is 0 Å². The number of nitrogens with zero attached hydrogens (tertiary/aromatic N) is 1. The van der Waals surface area contributed by atoms with Crippen molar-refractivity contribution in [3.05, 3.63) is 35.9 Å². The van der Waals surface area contributed by atoms with E-state index in [0.29, 0.717) is 6.54 Å². The van der Waals surface area contributed by atoms with Crippen molar-refractivity contribution in [2.45, 2.75) is 12.0 Å². The number of amides is 1. The maximum Gasteiger partial charge on any atom is 0.246 e. The fourth-order valence-electron chi connectivity index (χ4n) is 2.98. The fraction of sp³-hybridized carbons (Fsp3) is 0.471. The van der Waals surface area contributed by atoms with Crippen LogP contribution < -0.4 is 10.1 Å². The van der Waals surface area contributed by atoms with Gasteiger partial charge >= 0.3 is 0 Å². The molecule has 1 amide bonds. The van der Waals surface area contributed by atoms with Crippen molar-refractivity contribution in [3.63, 3.8) is 0 Å². The fourth-order valence-corrected chi connectivity index (χ4v) is 2.98. The lowest BCUT2D eigenvalue weighted by Crippen LogP contribution is -2.53. The van der Waals surface area contributed by atoms with E-state index in [9.17, 15) is 4.79 Å². The molecule has 1 unspecified atom stereocenters. The molecule has 22 heavy (non-hydrogen) atoms. The third-order valence-corrected chi connectivity index (χ3v) is 4.30. The molecule has 2 fully saturated rings. The van der Waals surface area contributed by atoms with Gasteiger partial charge in [0.2, 0.25) is 5.91 Å². The van der Waals surface area contributed by atoms with Gasteiger partial charge in [0.15, 0.2) is 0 Å². The highest BCUT2D eigenvalue weighted by molar-refractivity contribution is 5.78. The van der Waals surface area contributed by atoms with Gasteiger partial charge in [0.05, 0.1) is 12.7 Å². The third kappa shape index (κ3) is 3.48. The third-order valence-electron chi connectivity index (χ3n) is 4.30. The number of ether oxygens (including phenoxy) is 2. The zero-order valence-corrected chi connectivity index (χ0v) is 12.9. The molecule has 3 rings (SSSR count). The highest BCUT2D eigenvalue weighted by Crippen LogP contribution is 2.26.